The SMILES string of the molecule is C/C=C(\N=C(CC)N1Cc2ccc(OC3CCNCC3)cc2C1=O)C(=O)Nc1cnccc1N1CCNCC1. The minimum atomic E-state index is -0.338. The van der Waals surface area contributed by atoms with Crippen LogP contribution in [-0.2, 0) is 11.3 Å². The second kappa shape index (κ2) is 12.4. The Morgan fingerprint density at radius 1 is 1.18 bits per heavy atom. The molecule has 3 N–H and O–H groups in total. The van der Waals surface area contributed by atoms with Crippen molar-refractivity contribution in [2.45, 2.75) is 45.8 Å². The monoisotopic (exact) mass is 531 g/mol. The molecule has 2 saturated heterocycles. The smallest absolute Gasteiger partial charge is 0.274 e. The molecule has 10 nitrogen and oxygen atoms in total. The van der Waals surface area contributed by atoms with E-state index in [4.69, 9.17) is 4.74 Å². The van der Waals surface area contributed by atoms with E-state index < -0.39 is 0 Å². The number of piperazine rings is 1. The van der Waals surface area contributed by atoms with Gasteiger partial charge in [-0.05, 0) is 56.6 Å². The molecule has 1 aromatic carbocycles. The van der Waals surface area contributed by atoms with Crippen LogP contribution in [0.4, 0.5) is 11.4 Å². The summed E-state index contributed by atoms with van der Waals surface area (Å²) in [7, 11) is 0. The predicted molar refractivity (Wildman–Crippen MR) is 152 cm³/mol. The molecule has 2 amide bonds. The van der Waals surface area contributed by atoms with Crippen molar-refractivity contribution in [1.82, 2.24) is 20.5 Å². The van der Waals surface area contributed by atoms with Crippen LogP contribution in [-0.4, -0.2) is 72.9 Å². The standard InChI is InChI=1S/C29H37N7O3/c1-3-24(28(37)34-25-18-32-12-9-26(25)35-15-13-31-14-16-35)33-27(4-2)36-19-20-5-6-22(17-23(20)29(36)38)39-21-7-10-30-11-8-21/h3,5-6,9,12,17-18,21,30-31H,4,7-8,10-11,13-16,19H2,1-2H3,(H,34,37)/b24-3-,33-27?. The van der Waals surface area contributed by atoms with Gasteiger partial charge in [0.15, 0.2) is 0 Å². The molecule has 39 heavy (non-hydrogen) atoms. The number of carbonyl (C=O) groups excluding carboxylic acids is 2. The van der Waals surface area contributed by atoms with Gasteiger partial charge in [0.1, 0.15) is 23.4 Å². The molecule has 0 radical (unpaired) electrons. The molecule has 2 aromatic rings. The number of anilines is 2. The van der Waals surface area contributed by atoms with E-state index in [1.165, 1.54) is 0 Å². The van der Waals surface area contributed by atoms with Crippen LogP contribution in [0.2, 0.25) is 0 Å². The normalized spacial score (nSPS) is 18.8. The van der Waals surface area contributed by atoms with E-state index in [-0.39, 0.29) is 23.6 Å². The highest BCUT2D eigenvalue weighted by atomic mass is 16.5. The van der Waals surface area contributed by atoms with Crippen LogP contribution in [0, 0.1) is 0 Å². The second-order valence-electron chi connectivity index (χ2n) is 9.92. The van der Waals surface area contributed by atoms with Gasteiger partial charge in [-0.2, -0.15) is 0 Å². The number of hydrogen-bond acceptors (Lipinski definition) is 8. The van der Waals surface area contributed by atoms with Crippen molar-refractivity contribution >= 4 is 29.0 Å². The zero-order chi connectivity index (χ0) is 27.2. The van der Waals surface area contributed by atoms with Crippen molar-refractivity contribution in [1.29, 1.82) is 0 Å². The van der Waals surface area contributed by atoms with Gasteiger partial charge in [0.05, 0.1) is 24.1 Å². The summed E-state index contributed by atoms with van der Waals surface area (Å²) in [6.45, 7) is 9.49. The molecule has 5 rings (SSSR count). The van der Waals surface area contributed by atoms with E-state index >= 15 is 0 Å². The van der Waals surface area contributed by atoms with Gasteiger partial charge in [-0.15, -0.1) is 0 Å². The maximum Gasteiger partial charge on any atom is 0.274 e. The Kier molecular flexibility index (Phi) is 8.53. The Morgan fingerprint density at radius 3 is 2.69 bits per heavy atom. The molecular weight excluding hydrogens is 494 g/mol. The third-order valence-corrected chi connectivity index (χ3v) is 7.36. The van der Waals surface area contributed by atoms with E-state index in [9.17, 15) is 9.59 Å². The number of benzene rings is 1. The van der Waals surface area contributed by atoms with E-state index in [1.807, 2.05) is 31.2 Å². The highest BCUT2D eigenvalue weighted by Crippen LogP contribution is 2.30. The Morgan fingerprint density at radius 2 is 1.95 bits per heavy atom. The number of aliphatic imine (C=N–C) groups is 1. The lowest BCUT2D eigenvalue weighted by atomic mass is 10.1. The summed E-state index contributed by atoms with van der Waals surface area (Å²) in [4.78, 5) is 39.5. The largest absolute Gasteiger partial charge is 0.490 e. The number of allylic oxidation sites excluding steroid dienone is 1. The first-order chi connectivity index (χ1) is 19.1. The molecular formula is C29H37N7O3. The Labute approximate surface area is 229 Å². The summed E-state index contributed by atoms with van der Waals surface area (Å²) in [5.41, 5.74) is 3.39. The molecule has 0 spiro atoms. The van der Waals surface area contributed by atoms with Gasteiger partial charge in [0.25, 0.3) is 11.8 Å². The molecule has 0 aliphatic carbocycles. The average molecular weight is 532 g/mol. The van der Waals surface area contributed by atoms with E-state index in [0.717, 1.165) is 69.1 Å². The van der Waals surface area contributed by atoms with Crippen molar-refractivity contribution in [3.8, 4) is 5.75 Å². The third kappa shape index (κ3) is 6.12. The summed E-state index contributed by atoms with van der Waals surface area (Å²) in [5, 5.41) is 9.67. The van der Waals surface area contributed by atoms with Gasteiger partial charge in [-0.3, -0.25) is 19.5 Å². The first kappa shape index (κ1) is 26.8. The van der Waals surface area contributed by atoms with E-state index in [1.54, 1.807) is 30.3 Å². The molecule has 0 atom stereocenters. The summed E-state index contributed by atoms with van der Waals surface area (Å²) in [6, 6.07) is 7.66. The fourth-order valence-corrected chi connectivity index (χ4v) is 5.23. The lowest BCUT2D eigenvalue weighted by Gasteiger charge is -2.30. The number of amides is 2. The molecule has 10 heteroatoms. The third-order valence-electron chi connectivity index (χ3n) is 7.36. The molecule has 3 aliphatic heterocycles. The fourth-order valence-electron chi connectivity index (χ4n) is 5.23. The first-order valence-corrected chi connectivity index (χ1v) is 13.8. The minimum absolute atomic E-state index is 0.120. The first-order valence-electron chi connectivity index (χ1n) is 13.8. The number of aromatic nitrogens is 1. The topological polar surface area (TPSA) is 111 Å². The van der Waals surface area contributed by atoms with Crippen molar-refractivity contribution in [3.05, 3.63) is 59.6 Å². The number of amidine groups is 1. The van der Waals surface area contributed by atoms with Crippen molar-refractivity contribution < 1.29 is 14.3 Å². The number of ether oxygens (including phenoxy) is 1. The molecule has 4 heterocycles. The van der Waals surface area contributed by atoms with Gasteiger partial charge < -0.3 is 25.6 Å². The Balaban J connectivity index is 1.30. The van der Waals surface area contributed by atoms with Crippen LogP contribution in [0.3, 0.4) is 0 Å². The number of fused-ring (bicyclic) bond motifs is 1. The number of carbonyl (C=O) groups is 2. The van der Waals surface area contributed by atoms with Gasteiger partial charge in [-0.25, -0.2) is 4.99 Å². The zero-order valence-corrected chi connectivity index (χ0v) is 22.7. The van der Waals surface area contributed by atoms with Crippen molar-refractivity contribution in [2.24, 2.45) is 4.99 Å². The predicted octanol–water partition coefficient (Wildman–Crippen LogP) is 2.93. The number of nitrogens with zero attached hydrogens (tertiary/aromatic N) is 4. The van der Waals surface area contributed by atoms with E-state index in [0.29, 0.717) is 30.1 Å². The molecule has 0 unspecified atom stereocenters. The maximum absolute atomic E-state index is 13.4. The van der Waals surface area contributed by atoms with Gasteiger partial charge in [0.2, 0.25) is 0 Å². The Hall–Kier alpha value is -3.76. The summed E-state index contributed by atoms with van der Waals surface area (Å²) >= 11 is 0. The van der Waals surface area contributed by atoms with Crippen molar-refractivity contribution in [3.63, 3.8) is 0 Å². The van der Waals surface area contributed by atoms with Crippen LogP contribution < -0.4 is 25.6 Å². The van der Waals surface area contributed by atoms with Gasteiger partial charge in [-0.1, -0.05) is 19.1 Å². The Bertz CT molecular complexity index is 1260. The highest BCUT2D eigenvalue weighted by molar-refractivity contribution is 6.12. The van der Waals surface area contributed by atoms with Crippen LogP contribution >= 0.6 is 0 Å². The number of rotatable bonds is 7. The van der Waals surface area contributed by atoms with Crippen LogP contribution in [0.1, 0.15) is 49.0 Å². The fraction of sp³-hybridized carbons (Fsp3) is 0.448. The average Bonchev–Trinajstić information content (AvgIpc) is 3.30. The minimum Gasteiger partial charge on any atom is -0.490 e. The molecule has 0 saturated carbocycles. The van der Waals surface area contributed by atoms with Crippen LogP contribution in [0.15, 0.2) is 53.4 Å². The maximum atomic E-state index is 13.4. The molecule has 206 valence electrons. The quantitative estimate of drug-likeness (QED) is 0.286. The molecule has 3 aliphatic rings. The number of nitrogens with one attached hydrogen (secondary N) is 3. The summed E-state index contributed by atoms with van der Waals surface area (Å²) < 4.78 is 6.16. The van der Waals surface area contributed by atoms with Gasteiger partial charge in [0, 0.05) is 44.4 Å². The summed E-state index contributed by atoms with van der Waals surface area (Å²) in [6.07, 6.45) is 7.63. The van der Waals surface area contributed by atoms with Crippen LogP contribution in [0.25, 0.3) is 0 Å². The molecule has 1 aromatic heterocycles. The highest BCUT2D eigenvalue weighted by Gasteiger charge is 2.31. The second-order valence-corrected chi connectivity index (χ2v) is 9.92. The zero-order valence-electron chi connectivity index (χ0n) is 22.7. The summed E-state index contributed by atoms with van der Waals surface area (Å²) in [5.74, 6) is 0.810. The number of piperidine rings is 1. The lowest BCUT2D eigenvalue weighted by Crippen LogP contribution is -2.43. The van der Waals surface area contributed by atoms with E-state index in [2.05, 4.69) is 30.8 Å². The molecule has 0 bridgehead atoms. The molecule has 2 fully saturated rings. The number of pyridine rings is 1. The van der Waals surface area contributed by atoms with Crippen molar-refractivity contribution in [2.75, 3.05) is 49.5 Å². The van der Waals surface area contributed by atoms with Gasteiger partial charge >= 0.3 is 0 Å². The number of hydrogen-bond donors (Lipinski definition) is 3. The van der Waals surface area contributed by atoms with Crippen LogP contribution in [0.5, 0.6) is 5.75 Å². The lowest BCUT2D eigenvalue weighted by molar-refractivity contribution is -0.112.